The molecular formula is C21H24F2O2Si3. The van der Waals surface area contributed by atoms with Gasteiger partial charge >= 0.3 is 25.9 Å². The van der Waals surface area contributed by atoms with Crippen LogP contribution in [0.15, 0.2) is 91.0 Å². The lowest BCUT2D eigenvalue weighted by molar-refractivity contribution is 0.358. The molecule has 0 aliphatic rings. The Labute approximate surface area is 168 Å². The molecular weight excluding hydrogens is 406 g/mol. The minimum Gasteiger partial charge on any atom is -0.406 e. The summed E-state index contributed by atoms with van der Waals surface area (Å²) in [6.07, 6.45) is 0. The molecule has 0 radical (unpaired) electrons. The van der Waals surface area contributed by atoms with E-state index in [0.717, 1.165) is 5.19 Å². The van der Waals surface area contributed by atoms with Gasteiger partial charge in [-0.05, 0) is 35.2 Å². The summed E-state index contributed by atoms with van der Waals surface area (Å²) in [4.78, 5) is 0. The van der Waals surface area contributed by atoms with Crippen molar-refractivity contribution in [2.24, 2.45) is 0 Å². The van der Waals surface area contributed by atoms with E-state index in [1.165, 1.54) is 13.1 Å². The topological polar surface area (TPSA) is 18.5 Å². The highest BCUT2D eigenvalue weighted by Crippen LogP contribution is 2.22. The Hall–Kier alpha value is -1.91. The Morgan fingerprint density at radius 1 is 0.500 bits per heavy atom. The zero-order chi connectivity index (χ0) is 20.3. The van der Waals surface area contributed by atoms with E-state index >= 15 is 8.22 Å². The van der Waals surface area contributed by atoms with Gasteiger partial charge in [0.25, 0.3) is 0 Å². The lowest BCUT2D eigenvalue weighted by Crippen LogP contribution is -2.65. The Morgan fingerprint density at radius 3 is 1.11 bits per heavy atom. The Kier molecular flexibility index (Phi) is 6.11. The van der Waals surface area contributed by atoms with Gasteiger partial charge in [0, 0.05) is 0 Å². The third kappa shape index (κ3) is 4.73. The van der Waals surface area contributed by atoms with Crippen LogP contribution in [0.1, 0.15) is 0 Å². The van der Waals surface area contributed by atoms with Crippen LogP contribution in [0.5, 0.6) is 0 Å². The molecule has 0 N–H and O–H groups in total. The number of benzene rings is 3. The summed E-state index contributed by atoms with van der Waals surface area (Å²) in [5.74, 6) is 0. The predicted octanol–water partition coefficient (Wildman–Crippen LogP) is 3.90. The van der Waals surface area contributed by atoms with Crippen molar-refractivity contribution < 1.29 is 16.4 Å². The number of halogens is 2. The molecule has 0 saturated heterocycles. The van der Waals surface area contributed by atoms with Gasteiger partial charge in [-0.2, -0.15) is 0 Å². The van der Waals surface area contributed by atoms with Crippen molar-refractivity contribution in [2.75, 3.05) is 0 Å². The highest BCUT2D eigenvalue weighted by Gasteiger charge is 2.50. The van der Waals surface area contributed by atoms with Crippen molar-refractivity contribution >= 4 is 41.4 Å². The van der Waals surface area contributed by atoms with Crippen molar-refractivity contribution in [3.05, 3.63) is 91.0 Å². The number of hydrogen-bond acceptors (Lipinski definition) is 2. The van der Waals surface area contributed by atoms with E-state index in [0.29, 0.717) is 10.4 Å². The van der Waals surface area contributed by atoms with Crippen LogP contribution in [0.4, 0.5) is 8.22 Å². The first-order valence-corrected chi connectivity index (χ1v) is 16.1. The third-order valence-electron chi connectivity index (χ3n) is 4.65. The molecule has 0 spiro atoms. The van der Waals surface area contributed by atoms with Crippen LogP contribution in [0.25, 0.3) is 0 Å². The van der Waals surface area contributed by atoms with Gasteiger partial charge in [-0.3, -0.25) is 8.22 Å². The van der Waals surface area contributed by atoms with Gasteiger partial charge in [0.15, 0.2) is 0 Å². The number of hydrogen-bond donors (Lipinski definition) is 0. The molecule has 2 nitrogen and oxygen atoms in total. The van der Waals surface area contributed by atoms with Crippen LogP contribution in [-0.2, 0) is 8.23 Å². The summed E-state index contributed by atoms with van der Waals surface area (Å²) < 4.78 is 43.8. The minimum atomic E-state index is -3.81. The normalized spacial score (nSPS) is 17.9. The second-order valence-electron chi connectivity index (χ2n) is 7.08. The molecule has 146 valence electrons. The first-order chi connectivity index (χ1) is 13.2. The van der Waals surface area contributed by atoms with Gasteiger partial charge < -0.3 is 8.23 Å². The maximum Gasteiger partial charge on any atom is 0.404 e. The zero-order valence-electron chi connectivity index (χ0n) is 16.2. The Balaban J connectivity index is 1.99. The first-order valence-electron chi connectivity index (χ1n) is 9.18. The SMILES string of the molecule is C[Si](F)(O[Si](C)(O[Si](C)(F)c1ccccc1)c1ccccc1)c1ccccc1. The monoisotopic (exact) mass is 430 g/mol. The fourth-order valence-corrected chi connectivity index (χ4v) is 13.9. The maximum atomic E-state index is 15.7. The van der Waals surface area contributed by atoms with Crippen LogP contribution in [0.3, 0.4) is 0 Å². The minimum absolute atomic E-state index is 0.509. The molecule has 0 heterocycles. The standard InChI is InChI=1S/C21H24F2O2Si3/c1-26(22,19-13-7-4-8-14-19)24-28(3,21-17-11-6-12-18-21)25-27(2,23)20-15-9-5-10-16-20/h4-18H,1-3H3. The van der Waals surface area contributed by atoms with E-state index in [4.69, 9.17) is 8.23 Å². The second kappa shape index (κ2) is 8.22. The van der Waals surface area contributed by atoms with E-state index < -0.39 is 25.9 Å². The van der Waals surface area contributed by atoms with Crippen molar-refractivity contribution in [1.29, 1.82) is 0 Å². The highest BCUT2D eigenvalue weighted by atomic mass is 28.5. The smallest absolute Gasteiger partial charge is 0.404 e. The van der Waals surface area contributed by atoms with E-state index in [2.05, 4.69) is 0 Å². The fourth-order valence-electron chi connectivity index (χ4n) is 3.20. The molecule has 0 amide bonds. The molecule has 0 fully saturated rings. The third-order valence-corrected chi connectivity index (χ3v) is 14.9. The molecule has 3 aromatic carbocycles. The number of rotatable bonds is 7. The molecule has 0 aliphatic heterocycles. The average Bonchev–Trinajstić information content (AvgIpc) is 2.69. The summed E-state index contributed by atoms with van der Waals surface area (Å²) in [6.45, 7) is 4.71. The summed E-state index contributed by atoms with van der Waals surface area (Å²) in [5.41, 5.74) is 0. The molecule has 0 bridgehead atoms. The van der Waals surface area contributed by atoms with Crippen LogP contribution >= 0.6 is 0 Å². The largest absolute Gasteiger partial charge is 0.406 e. The van der Waals surface area contributed by atoms with E-state index in [1.54, 1.807) is 55.1 Å². The van der Waals surface area contributed by atoms with Crippen molar-refractivity contribution in [1.82, 2.24) is 0 Å². The van der Waals surface area contributed by atoms with Crippen molar-refractivity contribution in [3.8, 4) is 0 Å². The summed E-state index contributed by atoms with van der Waals surface area (Å²) in [7, 11) is -11.0. The van der Waals surface area contributed by atoms with Crippen LogP contribution < -0.4 is 15.6 Å². The quantitative estimate of drug-likeness (QED) is 0.418. The molecule has 0 aliphatic carbocycles. The second-order valence-corrected chi connectivity index (χ2v) is 16.0. The maximum absolute atomic E-state index is 15.7. The van der Waals surface area contributed by atoms with Gasteiger partial charge in [0.1, 0.15) is 0 Å². The highest BCUT2D eigenvalue weighted by molar-refractivity contribution is 6.97. The van der Waals surface area contributed by atoms with E-state index in [9.17, 15) is 0 Å². The van der Waals surface area contributed by atoms with Crippen molar-refractivity contribution in [3.63, 3.8) is 0 Å². The molecule has 28 heavy (non-hydrogen) atoms. The first kappa shape index (κ1) is 20.8. The molecule has 2 unspecified atom stereocenters. The van der Waals surface area contributed by atoms with Gasteiger partial charge in [0.2, 0.25) is 0 Å². The Bertz CT molecular complexity index is 838. The molecule has 7 heteroatoms. The lowest BCUT2D eigenvalue weighted by Gasteiger charge is -2.37. The van der Waals surface area contributed by atoms with Crippen LogP contribution in [-0.4, -0.2) is 25.9 Å². The molecule has 3 rings (SSSR count). The Morgan fingerprint density at radius 2 is 0.786 bits per heavy atom. The fraction of sp³-hybridized carbons (Fsp3) is 0.143. The van der Waals surface area contributed by atoms with E-state index in [1.807, 2.05) is 42.5 Å². The summed E-state index contributed by atoms with van der Waals surface area (Å²) >= 11 is 0. The van der Waals surface area contributed by atoms with E-state index in [-0.39, 0.29) is 0 Å². The lowest BCUT2D eigenvalue weighted by atomic mass is 10.4. The average molecular weight is 431 g/mol. The molecule has 0 aromatic heterocycles. The predicted molar refractivity (Wildman–Crippen MR) is 117 cm³/mol. The molecule has 2 atom stereocenters. The summed E-state index contributed by atoms with van der Waals surface area (Å²) in [6, 6.07) is 26.9. The van der Waals surface area contributed by atoms with Crippen LogP contribution in [0.2, 0.25) is 19.6 Å². The molecule has 0 saturated carbocycles. The molecule has 3 aromatic rings. The zero-order valence-corrected chi connectivity index (χ0v) is 19.2. The summed E-state index contributed by atoms with van der Waals surface area (Å²) in [5, 5.41) is 1.74. The van der Waals surface area contributed by atoms with Gasteiger partial charge in [-0.25, -0.2) is 0 Å². The van der Waals surface area contributed by atoms with Gasteiger partial charge in [-0.15, -0.1) is 0 Å². The van der Waals surface area contributed by atoms with Gasteiger partial charge in [-0.1, -0.05) is 91.0 Å². The van der Waals surface area contributed by atoms with Crippen molar-refractivity contribution in [2.45, 2.75) is 19.6 Å². The van der Waals surface area contributed by atoms with Gasteiger partial charge in [0.05, 0.1) is 0 Å². The van der Waals surface area contributed by atoms with Crippen LogP contribution in [0, 0.1) is 0 Å².